The molecule has 0 aliphatic carbocycles. The second-order valence-corrected chi connectivity index (χ2v) is 6.87. The van der Waals surface area contributed by atoms with E-state index in [2.05, 4.69) is 25.4 Å². The number of aryl methyl sites for hydroxylation is 1. The third-order valence-corrected chi connectivity index (χ3v) is 4.61. The van der Waals surface area contributed by atoms with Gasteiger partial charge in [-0.2, -0.15) is 5.10 Å². The summed E-state index contributed by atoms with van der Waals surface area (Å²) >= 11 is 6.07. The fourth-order valence-corrected chi connectivity index (χ4v) is 3.20. The quantitative estimate of drug-likeness (QED) is 0.510. The van der Waals surface area contributed by atoms with Crippen LogP contribution in [-0.4, -0.2) is 30.6 Å². The number of halogens is 1. The van der Waals surface area contributed by atoms with Gasteiger partial charge in [0.1, 0.15) is 18.5 Å². The van der Waals surface area contributed by atoms with Gasteiger partial charge in [-0.25, -0.2) is 14.6 Å². The average molecular weight is 409 g/mol. The fraction of sp³-hybridized carbons (Fsp3) is 0.150. The van der Waals surface area contributed by atoms with Crippen LogP contribution in [0.4, 0.5) is 5.69 Å². The Morgan fingerprint density at radius 1 is 1.21 bits per heavy atom. The van der Waals surface area contributed by atoms with Crippen molar-refractivity contribution in [3.63, 3.8) is 0 Å². The van der Waals surface area contributed by atoms with Crippen LogP contribution in [0.15, 0.2) is 59.9 Å². The highest BCUT2D eigenvalue weighted by Crippen LogP contribution is 2.24. The molecule has 2 N–H and O–H groups in total. The van der Waals surface area contributed by atoms with Crippen molar-refractivity contribution in [2.45, 2.75) is 19.3 Å². The molecule has 9 heteroatoms. The molecule has 0 fully saturated rings. The summed E-state index contributed by atoms with van der Waals surface area (Å²) in [5.41, 5.74) is 1.68. The van der Waals surface area contributed by atoms with Crippen LogP contribution in [0.1, 0.15) is 18.7 Å². The van der Waals surface area contributed by atoms with E-state index < -0.39 is 0 Å². The molecule has 2 aromatic heterocycles. The molecule has 0 atom stereocenters. The second kappa shape index (κ2) is 8.24. The van der Waals surface area contributed by atoms with Gasteiger partial charge in [0.15, 0.2) is 0 Å². The van der Waals surface area contributed by atoms with E-state index in [1.54, 1.807) is 47.4 Å². The second-order valence-electron chi connectivity index (χ2n) is 6.43. The molecule has 4 rings (SSSR count). The summed E-state index contributed by atoms with van der Waals surface area (Å²) < 4.78 is 1.55. The maximum absolute atomic E-state index is 12.4. The normalized spacial score (nSPS) is 10.9. The Morgan fingerprint density at radius 3 is 2.90 bits per heavy atom. The molecule has 0 aliphatic heterocycles. The van der Waals surface area contributed by atoms with E-state index in [1.807, 2.05) is 6.07 Å². The average Bonchev–Trinajstić information content (AvgIpc) is 3.23. The number of carbonyl (C=O) groups excluding carboxylic acids is 1. The monoisotopic (exact) mass is 408 g/mol. The number of carbonyl (C=O) groups is 1. The van der Waals surface area contributed by atoms with Crippen LogP contribution in [0.2, 0.25) is 5.02 Å². The lowest BCUT2D eigenvalue weighted by Crippen LogP contribution is -2.15. The number of aromatic nitrogens is 5. The molecule has 0 spiro atoms. The van der Waals surface area contributed by atoms with Crippen LogP contribution >= 0.6 is 11.6 Å². The molecule has 8 nitrogen and oxygen atoms in total. The van der Waals surface area contributed by atoms with Gasteiger partial charge >= 0.3 is 0 Å². The molecule has 1 amide bonds. The van der Waals surface area contributed by atoms with Gasteiger partial charge < -0.3 is 10.3 Å². The highest BCUT2D eigenvalue weighted by atomic mass is 35.5. The van der Waals surface area contributed by atoms with Gasteiger partial charge in [-0.05, 0) is 36.8 Å². The largest absolute Gasteiger partial charge is 0.324 e. The number of nitrogens with zero attached hydrogens (tertiary/aromatic N) is 4. The zero-order valence-corrected chi connectivity index (χ0v) is 16.1. The minimum Gasteiger partial charge on any atom is -0.324 e. The topological polar surface area (TPSA) is 106 Å². The third kappa shape index (κ3) is 4.33. The Labute approximate surface area is 170 Å². The van der Waals surface area contributed by atoms with E-state index in [4.69, 9.17) is 11.6 Å². The van der Waals surface area contributed by atoms with Crippen molar-refractivity contribution in [2.24, 2.45) is 0 Å². The SMILES string of the molecule is O=C(CCCc1nc2ccccc2c(=O)[nH]1)Nc1cc(Cl)ccc1-n1cncn1. The summed E-state index contributed by atoms with van der Waals surface area (Å²) in [7, 11) is 0. The molecule has 2 aromatic carbocycles. The first-order valence-corrected chi connectivity index (χ1v) is 9.40. The van der Waals surface area contributed by atoms with Gasteiger partial charge in [0.05, 0.1) is 22.3 Å². The van der Waals surface area contributed by atoms with Gasteiger partial charge in [0, 0.05) is 17.9 Å². The number of benzene rings is 2. The Hall–Kier alpha value is -3.52. The first-order chi connectivity index (χ1) is 14.1. The van der Waals surface area contributed by atoms with Gasteiger partial charge in [-0.3, -0.25) is 9.59 Å². The predicted molar refractivity (Wildman–Crippen MR) is 110 cm³/mol. The van der Waals surface area contributed by atoms with Crippen LogP contribution in [0, 0.1) is 0 Å². The van der Waals surface area contributed by atoms with E-state index in [9.17, 15) is 9.59 Å². The van der Waals surface area contributed by atoms with Crippen LogP contribution in [0.5, 0.6) is 0 Å². The summed E-state index contributed by atoms with van der Waals surface area (Å²) in [4.78, 5) is 35.7. The van der Waals surface area contributed by atoms with Gasteiger partial charge in [-0.1, -0.05) is 23.7 Å². The minimum absolute atomic E-state index is 0.170. The number of H-pyrrole nitrogens is 1. The molecule has 0 unspecified atom stereocenters. The minimum atomic E-state index is -0.175. The molecule has 0 radical (unpaired) electrons. The van der Waals surface area contributed by atoms with Crippen LogP contribution in [0.3, 0.4) is 0 Å². The van der Waals surface area contributed by atoms with Gasteiger partial charge in [0.25, 0.3) is 5.56 Å². The fourth-order valence-electron chi connectivity index (χ4n) is 3.02. The van der Waals surface area contributed by atoms with Crippen molar-refractivity contribution in [3.8, 4) is 5.69 Å². The summed E-state index contributed by atoms with van der Waals surface area (Å²) in [5.74, 6) is 0.393. The number of hydrogen-bond acceptors (Lipinski definition) is 5. The molecular formula is C20H17ClN6O2. The van der Waals surface area contributed by atoms with Crippen LogP contribution < -0.4 is 10.9 Å². The van der Waals surface area contributed by atoms with Crippen molar-refractivity contribution in [3.05, 3.63) is 76.3 Å². The Balaban J connectivity index is 1.41. The number of para-hydroxylation sites is 1. The molecule has 2 heterocycles. The predicted octanol–water partition coefficient (Wildman–Crippen LogP) is 3.12. The first-order valence-electron chi connectivity index (χ1n) is 9.02. The van der Waals surface area contributed by atoms with E-state index >= 15 is 0 Å². The summed E-state index contributed by atoms with van der Waals surface area (Å²) in [6.45, 7) is 0. The summed E-state index contributed by atoms with van der Waals surface area (Å²) in [5, 5.41) is 8.00. The third-order valence-electron chi connectivity index (χ3n) is 4.38. The molecule has 0 aliphatic rings. The molecule has 0 bridgehead atoms. The van der Waals surface area contributed by atoms with Crippen molar-refractivity contribution in [1.29, 1.82) is 0 Å². The van der Waals surface area contributed by atoms with Crippen LogP contribution in [0.25, 0.3) is 16.6 Å². The van der Waals surface area contributed by atoms with Gasteiger partial charge in [-0.15, -0.1) is 0 Å². The van der Waals surface area contributed by atoms with E-state index in [0.29, 0.717) is 46.0 Å². The Morgan fingerprint density at radius 2 is 2.07 bits per heavy atom. The zero-order chi connectivity index (χ0) is 20.2. The molecular weight excluding hydrogens is 392 g/mol. The Kier molecular flexibility index (Phi) is 5.35. The van der Waals surface area contributed by atoms with E-state index in [0.717, 1.165) is 0 Å². The maximum atomic E-state index is 12.4. The van der Waals surface area contributed by atoms with Crippen molar-refractivity contribution in [1.82, 2.24) is 24.7 Å². The number of nitrogens with one attached hydrogen (secondary N) is 2. The van der Waals surface area contributed by atoms with Crippen molar-refractivity contribution >= 4 is 34.1 Å². The van der Waals surface area contributed by atoms with Crippen molar-refractivity contribution < 1.29 is 4.79 Å². The first kappa shape index (κ1) is 18.8. The number of aromatic amines is 1. The smallest absolute Gasteiger partial charge is 0.258 e. The summed E-state index contributed by atoms with van der Waals surface area (Å²) in [6, 6.07) is 12.3. The lowest BCUT2D eigenvalue weighted by Gasteiger charge is -2.11. The standard InChI is InChI=1S/C20H17ClN6O2/c21-13-8-9-17(27-12-22-11-23-27)16(10-13)25-19(28)7-3-6-18-24-15-5-2-1-4-14(15)20(29)26-18/h1-2,4-5,8-12H,3,6-7H2,(H,25,28)(H,24,26,29). The Bertz CT molecular complexity index is 1220. The highest BCUT2D eigenvalue weighted by Gasteiger charge is 2.11. The van der Waals surface area contributed by atoms with E-state index in [-0.39, 0.29) is 17.9 Å². The van der Waals surface area contributed by atoms with E-state index in [1.165, 1.54) is 6.33 Å². The molecule has 0 saturated heterocycles. The number of anilines is 1. The number of hydrogen-bond donors (Lipinski definition) is 2. The number of rotatable bonds is 6. The molecule has 4 aromatic rings. The molecule has 0 saturated carbocycles. The van der Waals surface area contributed by atoms with Crippen molar-refractivity contribution in [2.75, 3.05) is 5.32 Å². The highest BCUT2D eigenvalue weighted by molar-refractivity contribution is 6.31. The lowest BCUT2D eigenvalue weighted by molar-refractivity contribution is -0.116. The zero-order valence-electron chi connectivity index (χ0n) is 15.3. The molecule has 146 valence electrons. The molecule has 29 heavy (non-hydrogen) atoms. The maximum Gasteiger partial charge on any atom is 0.258 e. The van der Waals surface area contributed by atoms with Gasteiger partial charge in [0.2, 0.25) is 5.91 Å². The summed E-state index contributed by atoms with van der Waals surface area (Å²) in [6.07, 6.45) is 4.24. The lowest BCUT2D eigenvalue weighted by atomic mass is 10.2. The number of amides is 1. The van der Waals surface area contributed by atoms with Crippen LogP contribution in [-0.2, 0) is 11.2 Å². The number of fused-ring (bicyclic) bond motifs is 1.